The lowest BCUT2D eigenvalue weighted by Crippen LogP contribution is -2.42. The van der Waals surface area contributed by atoms with Gasteiger partial charge >= 0.3 is 0 Å². The van der Waals surface area contributed by atoms with Gasteiger partial charge in [0, 0.05) is 17.7 Å². The number of aromatic nitrogens is 7. The van der Waals surface area contributed by atoms with Crippen molar-refractivity contribution in [3.8, 4) is 11.4 Å². The summed E-state index contributed by atoms with van der Waals surface area (Å²) in [5, 5.41) is 29.5. The fraction of sp³-hybridized carbons (Fsp3) is 0.0556. The highest BCUT2D eigenvalue weighted by Crippen LogP contribution is 2.18. The molecule has 160 valence electrons. The maximum atomic E-state index is 12.5. The number of nitro benzene ring substituents is 1. The number of amides is 2. The van der Waals surface area contributed by atoms with Gasteiger partial charge in [0.25, 0.3) is 17.5 Å². The monoisotopic (exact) mass is 434 g/mol. The van der Waals surface area contributed by atoms with Gasteiger partial charge in [0.15, 0.2) is 5.69 Å². The highest BCUT2D eigenvalue weighted by molar-refractivity contribution is 5.98. The first kappa shape index (κ1) is 20.3. The molecular formula is C18H14N10O4. The van der Waals surface area contributed by atoms with Crippen LogP contribution in [0.3, 0.4) is 0 Å². The molecule has 0 aliphatic rings. The predicted octanol–water partition coefficient (Wildman–Crippen LogP) is 0.534. The van der Waals surface area contributed by atoms with Crippen molar-refractivity contribution in [2.45, 2.75) is 6.92 Å². The molecule has 0 saturated carbocycles. The van der Waals surface area contributed by atoms with Crippen LogP contribution in [0.25, 0.3) is 11.4 Å². The van der Waals surface area contributed by atoms with Crippen molar-refractivity contribution in [1.82, 2.24) is 46.1 Å². The van der Waals surface area contributed by atoms with Crippen molar-refractivity contribution in [1.29, 1.82) is 0 Å². The number of carbonyl (C=O) groups is 2. The van der Waals surface area contributed by atoms with Crippen molar-refractivity contribution in [2.75, 3.05) is 0 Å². The quantitative estimate of drug-likeness (QED) is 0.335. The summed E-state index contributed by atoms with van der Waals surface area (Å²) in [6.45, 7) is 1.58. The van der Waals surface area contributed by atoms with Crippen LogP contribution >= 0.6 is 0 Å². The lowest BCUT2D eigenvalue weighted by molar-refractivity contribution is -0.384. The van der Waals surface area contributed by atoms with Crippen molar-refractivity contribution in [3.05, 3.63) is 81.9 Å². The molecule has 0 atom stereocenters. The molecule has 0 bridgehead atoms. The Morgan fingerprint density at radius 1 is 1.00 bits per heavy atom. The summed E-state index contributed by atoms with van der Waals surface area (Å²) in [5.74, 6) is -1.25. The van der Waals surface area contributed by atoms with Crippen molar-refractivity contribution in [3.63, 3.8) is 0 Å². The second kappa shape index (κ2) is 8.39. The average molecular weight is 434 g/mol. The molecule has 2 heterocycles. The first-order valence-electron chi connectivity index (χ1n) is 9.05. The lowest BCUT2D eigenvalue weighted by Gasteiger charge is -2.07. The second-order valence-electron chi connectivity index (χ2n) is 6.42. The third kappa shape index (κ3) is 4.00. The maximum absolute atomic E-state index is 12.5. The van der Waals surface area contributed by atoms with Crippen LogP contribution in [0.4, 0.5) is 5.69 Å². The van der Waals surface area contributed by atoms with Crippen molar-refractivity contribution < 1.29 is 14.5 Å². The summed E-state index contributed by atoms with van der Waals surface area (Å²) in [6.07, 6.45) is 1.42. The lowest BCUT2D eigenvalue weighted by atomic mass is 10.2. The molecule has 4 rings (SSSR count). The molecule has 0 aliphatic carbocycles. The summed E-state index contributed by atoms with van der Waals surface area (Å²) in [7, 11) is 0. The number of hydrazine groups is 1. The van der Waals surface area contributed by atoms with E-state index in [1.165, 1.54) is 33.9 Å². The summed E-state index contributed by atoms with van der Waals surface area (Å²) in [6, 6.07) is 12.1. The van der Waals surface area contributed by atoms with Gasteiger partial charge in [0.05, 0.1) is 22.0 Å². The van der Waals surface area contributed by atoms with Gasteiger partial charge in [-0.05, 0) is 47.7 Å². The topological polar surface area (TPSA) is 176 Å². The molecule has 0 unspecified atom stereocenters. The zero-order valence-electron chi connectivity index (χ0n) is 16.4. The molecule has 0 radical (unpaired) electrons. The van der Waals surface area contributed by atoms with Crippen LogP contribution in [0, 0.1) is 17.0 Å². The minimum Gasteiger partial charge on any atom is -0.267 e. The number of nitro groups is 1. The first-order valence-corrected chi connectivity index (χ1v) is 9.05. The Morgan fingerprint density at radius 2 is 1.75 bits per heavy atom. The van der Waals surface area contributed by atoms with Crippen molar-refractivity contribution >= 4 is 17.5 Å². The molecular weight excluding hydrogens is 420 g/mol. The number of benzene rings is 2. The molecule has 2 aromatic carbocycles. The molecule has 14 heteroatoms. The summed E-state index contributed by atoms with van der Waals surface area (Å²) >= 11 is 0. The Morgan fingerprint density at radius 3 is 2.44 bits per heavy atom. The number of nitrogens with zero attached hydrogens (tertiary/aromatic N) is 8. The van der Waals surface area contributed by atoms with Crippen LogP contribution in [0.2, 0.25) is 0 Å². The van der Waals surface area contributed by atoms with Gasteiger partial charge in [-0.1, -0.05) is 11.3 Å². The molecule has 2 N–H and O–H groups in total. The Kier molecular flexibility index (Phi) is 5.31. The maximum Gasteiger partial charge on any atom is 0.292 e. The number of tetrazole rings is 1. The van der Waals surface area contributed by atoms with E-state index in [4.69, 9.17) is 0 Å². The molecule has 0 spiro atoms. The number of hydrogen-bond acceptors (Lipinski definition) is 9. The van der Waals surface area contributed by atoms with Crippen LogP contribution in [0.5, 0.6) is 0 Å². The highest BCUT2D eigenvalue weighted by atomic mass is 16.6. The fourth-order valence-electron chi connectivity index (χ4n) is 2.81. The van der Waals surface area contributed by atoms with Gasteiger partial charge in [-0.25, -0.2) is 9.36 Å². The molecule has 4 aromatic rings. The third-order valence-electron chi connectivity index (χ3n) is 4.43. The van der Waals surface area contributed by atoms with E-state index in [0.29, 0.717) is 22.6 Å². The molecule has 0 saturated heterocycles. The van der Waals surface area contributed by atoms with Crippen LogP contribution < -0.4 is 10.9 Å². The van der Waals surface area contributed by atoms with Gasteiger partial charge in [-0.3, -0.25) is 30.6 Å². The molecule has 0 aliphatic heterocycles. The van der Waals surface area contributed by atoms with Crippen LogP contribution in [-0.4, -0.2) is 51.9 Å². The van der Waals surface area contributed by atoms with E-state index in [1.54, 1.807) is 37.3 Å². The van der Waals surface area contributed by atoms with Crippen LogP contribution in [0.1, 0.15) is 26.5 Å². The molecule has 14 nitrogen and oxygen atoms in total. The van der Waals surface area contributed by atoms with Crippen LogP contribution in [0.15, 0.2) is 54.9 Å². The van der Waals surface area contributed by atoms with E-state index in [9.17, 15) is 19.7 Å². The van der Waals surface area contributed by atoms with Gasteiger partial charge in [-0.15, -0.1) is 10.2 Å². The normalized spacial score (nSPS) is 10.5. The van der Waals surface area contributed by atoms with E-state index < -0.39 is 16.7 Å². The smallest absolute Gasteiger partial charge is 0.267 e. The predicted molar refractivity (Wildman–Crippen MR) is 107 cm³/mol. The third-order valence-corrected chi connectivity index (χ3v) is 4.43. The molecule has 0 fully saturated rings. The van der Waals surface area contributed by atoms with E-state index >= 15 is 0 Å². The minimum atomic E-state index is -0.696. The SMILES string of the molecule is Cc1c(C(=O)NNC(=O)c2ccc(-n3cnnn3)cc2)nnn1-c1cccc([N+](=O)[O-])c1. The van der Waals surface area contributed by atoms with Crippen molar-refractivity contribution in [2.24, 2.45) is 0 Å². The fourth-order valence-corrected chi connectivity index (χ4v) is 2.81. The van der Waals surface area contributed by atoms with Gasteiger partial charge in [0.2, 0.25) is 0 Å². The largest absolute Gasteiger partial charge is 0.292 e. The summed E-state index contributed by atoms with van der Waals surface area (Å²) in [4.78, 5) is 35.2. The van der Waals surface area contributed by atoms with Gasteiger partial charge in [0.1, 0.15) is 6.33 Å². The van der Waals surface area contributed by atoms with Gasteiger partial charge in [-0.2, -0.15) is 0 Å². The van der Waals surface area contributed by atoms with Crippen LogP contribution in [-0.2, 0) is 0 Å². The number of nitrogens with one attached hydrogen (secondary N) is 2. The molecule has 2 aromatic heterocycles. The van der Waals surface area contributed by atoms with E-state index in [0.717, 1.165) is 0 Å². The first-order chi connectivity index (χ1) is 15.4. The van der Waals surface area contributed by atoms with E-state index in [2.05, 4.69) is 36.7 Å². The Labute approximate surface area is 179 Å². The average Bonchev–Trinajstić information content (AvgIpc) is 3.47. The zero-order chi connectivity index (χ0) is 22.7. The minimum absolute atomic E-state index is 0.0502. The number of rotatable bonds is 5. The van der Waals surface area contributed by atoms with E-state index in [-0.39, 0.29) is 11.4 Å². The molecule has 2 amide bonds. The Hall–Kier alpha value is -5.01. The number of carbonyl (C=O) groups excluding carboxylic acids is 2. The standard InChI is InChI=1S/C18H14N10O4/c1-11-16(20-24-27(11)14-3-2-4-15(9-14)28(31)32)18(30)22-21-17(29)12-5-7-13(8-6-12)26-10-19-23-25-26/h2-10H,1H3,(H,21,29)(H,22,30). The zero-order valence-corrected chi connectivity index (χ0v) is 16.4. The summed E-state index contributed by atoms with van der Waals surface area (Å²) in [5.41, 5.74) is 6.05. The second-order valence-corrected chi connectivity index (χ2v) is 6.42. The Balaban J connectivity index is 1.43. The number of hydrogen-bond donors (Lipinski definition) is 2. The summed E-state index contributed by atoms with van der Waals surface area (Å²) < 4.78 is 2.72. The molecule has 32 heavy (non-hydrogen) atoms. The van der Waals surface area contributed by atoms with Gasteiger partial charge < -0.3 is 0 Å². The van der Waals surface area contributed by atoms with E-state index in [1.807, 2.05) is 0 Å². The highest BCUT2D eigenvalue weighted by Gasteiger charge is 2.19. The Bertz CT molecular complexity index is 1300. The number of non-ortho nitro benzene ring substituents is 1.